The van der Waals surface area contributed by atoms with Gasteiger partial charge in [-0.3, -0.25) is 9.59 Å². The van der Waals surface area contributed by atoms with Gasteiger partial charge in [-0.05, 0) is 36.6 Å². The third-order valence-corrected chi connectivity index (χ3v) is 6.06. The average molecular weight is 471 g/mol. The SMILES string of the molecule is CN(Cc1cccc(Cl)c1Cl)C(=O)C1CCCN(C(=O)c2ccccc2OC(F)F)C1. The summed E-state index contributed by atoms with van der Waals surface area (Å²) in [7, 11) is 1.67. The van der Waals surface area contributed by atoms with Crippen molar-refractivity contribution >= 4 is 35.0 Å². The molecule has 0 bridgehead atoms. The van der Waals surface area contributed by atoms with E-state index < -0.39 is 18.4 Å². The van der Waals surface area contributed by atoms with E-state index in [1.807, 2.05) is 0 Å². The van der Waals surface area contributed by atoms with Gasteiger partial charge in [0.15, 0.2) is 0 Å². The van der Waals surface area contributed by atoms with Crippen LogP contribution in [0.1, 0.15) is 28.8 Å². The Balaban J connectivity index is 1.69. The van der Waals surface area contributed by atoms with Crippen molar-refractivity contribution in [3.8, 4) is 5.75 Å². The quantitative estimate of drug-likeness (QED) is 0.589. The van der Waals surface area contributed by atoms with E-state index in [4.69, 9.17) is 23.2 Å². The maximum Gasteiger partial charge on any atom is 0.387 e. The number of hydrogen-bond acceptors (Lipinski definition) is 3. The lowest BCUT2D eigenvalue weighted by Crippen LogP contribution is -2.45. The monoisotopic (exact) mass is 470 g/mol. The third-order valence-electron chi connectivity index (χ3n) is 5.21. The Morgan fingerprint density at radius 1 is 1.19 bits per heavy atom. The van der Waals surface area contributed by atoms with Gasteiger partial charge in [-0.15, -0.1) is 0 Å². The van der Waals surface area contributed by atoms with Crippen molar-refractivity contribution in [2.75, 3.05) is 20.1 Å². The lowest BCUT2D eigenvalue weighted by molar-refractivity contribution is -0.136. The molecular formula is C22H22Cl2F2N2O3. The van der Waals surface area contributed by atoms with E-state index in [0.717, 1.165) is 5.56 Å². The molecular weight excluding hydrogens is 449 g/mol. The van der Waals surface area contributed by atoms with Crippen LogP contribution < -0.4 is 4.74 Å². The molecule has 1 unspecified atom stereocenters. The van der Waals surface area contributed by atoms with Gasteiger partial charge in [-0.2, -0.15) is 8.78 Å². The van der Waals surface area contributed by atoms with Crippen molar-refractivity contribution in [2.45, 2.75) is 26.0 Å². The number of hydrogen-bond donors (Lipinski definition) is 0. The average Bonchev–Trinajstić information content (AvgIpc) is 2.76. The van der Waals surface area contributed by atoms with Crippen LogP contribution in [-0.4, -0.2) is 48.4 Å². The summed E-state index contributed by atoms with van der Waals surface area (Å²) < 4.78 is 29.8. The first-order valence-corrected chi connectivity index (χ1v) is 10.5. The minimum Gasteiger partial charge on any atom is -0.434 e. The molecule has 3 rings (SSSR count). The molecule has 1 atom stereocenters. The highest BCUT2D eigenvalue weighted by atomic mass is 35.5. The number of rotatable bonds is 6. The number of carbonyl (C=O) groups excluding carboxylic acids is 2. The fourth-order valence-electron chi connectivity index (χ4n) is 3.69. The number of para-hydroxylation sites is 1. The highest BCUT2D eigenvalue weighted by molar-refractivity contribution is 6.42. The molecule has 0 spiro atoms. The molecule has 0 N–H and O–H groups in total. The van der Waals surface area contributed by atoms with Crippen molar-refractivity contribution in [2.24, 2.45) is 5.92 Å². The Labute approximate surface area is 189 Å². The summed E-state index contributed by atoms with van der Waals surface area (Å²) in [6.45, 7) is -2.10. The lowest BCUT2D eigenvalue weighted by Gasteiger charge is -2.34. The Kier molecular flexibility index (Phi) is 7.73. The molecule has 0 radical (unpaired) electrons. The van der Waals surface area contributed by atoms with Gasteiger partial charge in [0.1, 0.15) is 5.75 Å². The van der Waals surface area contributed by atoms with E-state index in [0.29, 0.717) is 29.4 Å². The third kappa shape index (κ3) is 5.66. The van der Waals surface area contributed by atoms with Crippen LogP contribution in [0.4, 0.5) is 8.78 Å². The van der Waals surface area contributed by atoms with Gasteiger partial charge >= 0.3 is 6.61 Å². The van der Waals surface area contributed by atoms with Crippen LogP contribution in [0.3, 0.4) is 0 Å². The number of piperidine rings is 1. The van der Waals surface area contributed by atoms with Crippen molar-refractivity contribution in [1.82, 2.24) is 9.80 Å². The van der Waals surface area contributed by atoms with Gasteiger partial charge in [-0.1, -0.05) is 47.5 Å². The van der Waals surface area contributed by atoms with Gasteiger partial charge in [-0.25, -0.2) is 0 Å². The molecule has 1 saturated heterocycles. The van der Waals surface area contributed by atoms with Gasteiger partial charge < -0.3 is 14.5 Å². The van der Waals surface area contributed by atoms with E-state index >= 15 is 0 Å². The van der Waals surface area contributed by atoms with Crippen LogP contribution in [0.5, 0.6) is 5.75 Å². The second-order valence-corrected chi connectivity index (χ2v) is 8.16. The zero-order valence-electron chi connectivity index (χ0n) is 16.9. The predicted octanol–water partition coefficient (Wildman–Crippen LogP) is 5.11. The van der Waals surface area contributed by atoms with Crippen LogP contribution in [0.15, 0.2) is 42.5 Å². The van der Waals surface area contributed by atoms with Crippen molar-refractivity contribution in [3.63, 3.8) is 0 Å². The molecule has 31 heavy (non-hydrogen) atoms. The number of alkyl halides is 2. The summed E-state index contributed by atoms with van der Waals surface area (Å²) >= 11 is 12.3. The molecule has 166 valence electrons. The number of nitrogens with zero attached hydrogens (tertiary/aromatic N) is 2. The summed E-state index contributed by atoms with van der Waals surface area (Å²) in [6, 6.07) is 11.1. The highest BCUT2D eigenvalue weighted by Crippen LogP contribution is 2.28. The molecule has 0 aliphatic carbocycles. The van der Waals surface area contributed by atoms with E-state index in [1.54, 1.807) is 36.2 Å². The first kappa shape index (κ1) is 23.3. The van der Waals surface area contributed by atoms with Gasteiger partial charge in [0.25, 0.3) is 5.91 Å². The zero-order chi connectivity index (χ0) is 22.5. The topological polar surface area (TPSA) is 49.9 Å². The Hall–Kier alpha value is -2.38. The van der Waals surface area contributed by atoms with Gasteiger partial charge in [0.05, 0.1) is 21.5 Å². The maximum atomic E-state index is 13.0. The Morgan fingerprint density at radius 3 is 2.68 bits per heavy atom. The van der Waals surface area contributed by atoms with Crippen molar-refractivity contribution in [3.05, 3.63) is 63.6 Å². The highest BCUT2D eigenvalue weighted by Gasteiger charge is 2.32. The fraction of sp³-hybridized carbons (Fsp3) is 0.364. The predicted molar refractivity (Wildman–Crippen MR) is 115 cm³/mol. The standard InChI is InChI=1S/C22H22Cl2F2N2O3/c1-27(12-14-6-4-9-17(23)19(14)24)20(29)15-7-5-11-28(13-15)21(30)16-8-2-3-10-18(16)31-22(25)26/h2-4,6,8-10,15,22H,5,7,11-13H2,1H3. The minimum atomic E-state index is -3.03. The maximum absolute atomic E-state index is 13.0. The van der Waals surface area contributed by atoms with Crippen LogP contribution in [0, 0.1) is 5.92 Å². The summed E-state index contributed by atoms with van der Waals surface area (Å²) in [5, 5.41) is 0.819. The smallest absolute Gasteiger partial charge is 0.387 e. The molecule has 1 aliphatic heterocycles. The molecule has 0 saturated carbocycles. The largest absolute Gasteiger partial charge is 0.434 e. The fourth-order valence-corrected chi connectivity index (χ4v) is 4.07. The van der Waals surface area contributed by atoms with Crippen LogP contribution >= 0.6 is 23.2 Å². The summed E-state index contributed by atoms with van der Waals surface area (Å²) in [5.41, 5.74) is 0.779. The van der Waals surface area contributed by atoms with Crippen LogP contribution in [0.25, 0.3) is 0 Å². The molecule has 1 heterocycles. The molecule has 1 fully saturated rings. The molecule has 2 aromatic rings. The number of amides is 2. The molecule has 2 aromatic carbocycles. The van der Waals surface area contributed by atoms with E-state index in [2.05, 4.69) is 4.74 Å². The Bertz CT molecular complexity index is 958. The number of halogens is 4. The lowest BCUT2D eigenvalue weighted by atomic mass is 9.95. The number of ether oxygens (including phenoxy) is 1. The van der Waals surface area contributed by atoms with Crippen molar-refractivity contribution < 1.29 is 23.1 Å². The Morgan fingerprint density at radius 2 is 1.94 bits per heavy atom. The molecule has 1 aliphatic rings. The van der Waals surface area contributed by atoms with E-state index in [-0.39, 0.29) is 30.3 Å². The first-order valence-electron chi connectivity index (χ1n) is 9.79. The van der Waals surface area contributed by atoms with Gasteiger partial charge in [0, 0.05) is 26.7 Å². The van der Waals surface area contributed by atoms with Crippen LogP contribution in [0.2, 0.25) is 10.0 Å². The van der Waals surface area contributed by atoms with Gasteiger partial charge in [0.2, 0.25) is 5.91 Å². The molecule has 5 nitrogen and oxygen atoms in total. The molecule has 2 amide bonds. The summed E-state index contributed by atoms with van der Waals surface area (Å²) in [4.78, 5) is 29.0. The van der Waals surface area contributed by atoms with E-state index in [1.165, 1.54) is 23.1 Å². The zero-order valence-corrected chi connectivity index (χ0v) is 18.4. The van der Waals surface area contributed by atoms with Crippen LogP contribution in [-0.2, 0) is 11.3 Å². The molecule has 0 aromatic heterocycles. The molecule has 9 heteroatoms. The minimum absolute atomic E-state index is 0.0509. The number of benzene rings is 2. The van der Waals surface area contributed by atoms with Crippen molar-refractivity contribution in [1.29, 1.82) is 0 Å². The summed E-state index contributed by atoms with van der Waals surface area (Å²) in [5.74, 6) is -1.13. The van der Waals surface area contributed by atoms with E-state index in [9.17, 15) is 18.4 Å². The first-order chi connectivity index (χ1) is 14.8. The summed E-state index contributed by atoms with van der Waals surface area (Å²) in [6.07, 6.45) is 1.26. The normalized spacial score (nSPS) is 16.3. The number of likely N-dealkylation sites (tertiary alicyclic amines) is 1. The number of carbonyl (C=O) groups is 2. The second-order valence-electron chi connectivity index (χ2n) is 7.37. The second kappa shape index (κ2) is 10.3.